The molecule has 7 heteroatoms. The lowest BCUT2D eigenvalue weighted by Gasteiger charge is -2.13. The molecular formula is C20H23FN4OS. The first-order chi connectivity index (χ1) is 13.2. The van der Waals surface area contributed by atoms with Gasteiger partial charge in [-0.25, -0.2) is 9.18 Å². The lowest BCUT2D eigenvalue weighted by molar-refractivity contribution is 0.262. The van der Waals surface area contributed by atoms with Gasteiger partial charge in [0.25, 0.3) is 0 Å². The lowest BCUT2D eigenvalue weighted by Crippen LogP contribution is -2.22. The highest BCUT2D eigenvalue weighted by molar-refractivity contribution is 7.99. The van der Waals surface area contributed by atoms with E-state index in [1.54, 1.807) is 23.9 Å². The number of thioether (sulfide) groups is 1. The minimum absolute atomic E-state index is 0.395. The molecule has 27 heavy (non-hydrogen) atoms. The summed E-state index contributed by atoms with van der Waals surface area (Å²) in [5, 5.41) is 8.74. The van der Waals surface area contributed by atoms with Gasteiger partial charge in [0.1, 0.15) is 11.7 Å². The highest BCUT2D eigenvalue weighted by atomic mass is 32.2. The Labute approximate surface area is 162 Å². The number of hydrogen-bond acceptors (Lipinski definition) is 4. The first-order valence-corrected chi connectivity index (χ1v) is 10.0. The summed E-state index contributed by atoms with van der Waals surface area (Å²) in [6, 6.07) is 11.2. The third-order valence-corrected chi connectivity index (χ3v) is 5.16. The number of nitrogens with zero attached hydrogens (tertiary/aromatic N) is 1. The molecule has 5 nitrogen and oxygen atoms in total. The Kier molecular flexibility index (Phi) is 6.70. The van der Waals surface area contributed by atoms with Gasteiger partial charge in [0.05, 0.1) is 6.54 Å². The fourth-order valence-corrected chi connectivity index (χ4v) is 3.81. The molecule has 2 amide bonds. The standard InChI is InChI=1S/C20H23FN4OS/c1-2-3-11-27-18-8-7-16(13-17(18)19-22-9-10-23-19)25-20(26)24-15-6-4-5-14(21)12-15/h4-8,12-13H,2-3,9-11H2,1H3,(H,22,23)(H2,24,25,26). The van der Waals surface area contributed by atoms with Crippen LogP contribution in [0.4, 0.5) is 20.6 Å². The Hall–Kier alpha value is -2.54. The summed E-state index contributed by atoms with van der Waals surface area (Å²) in [5.41, 5.74) is 2.06. The van der Waals surface area contributed by atoms with Crippen LogP contribution in [0, 0.1) is 5.82 Å². The molecule has 2 aromatic carbocycles. The third kappa shape index (κ3) is 5.47. The Morgan fingerprint density at radius 3 is 2.74 bits per heavy atom. The molecule has 1 aliphatic heterocycles. The van der Waals surface area contributed by atoms with Crippen LogP contribution in [-0.2, 0) is 0 Å². The van der Waals surface area contributed by atoms with Gasteiger partial charge in [0.15, 0.2) is 0 Å². The van der Waals surface area contributed by atoms with E-state index in [4.69, 9.17) is 0 Å². The number of rotatable bonds is 7. The maximum absolute atomic E-state index is 13.2. The molecule has 0 radical (unpaired) electrons. The van der Waals surface area contributed by atoms with E-state index in [0.717, 1.165) is 48.0 Å². The monoisotopic (exact) mass is 386 g/mol. The SMILES string of the molecule is CCCCSc1ccc(NC(=O)Nc2cccc(F)c2)cc1C1=NCCN1. The van der Waals surface area contributed by atoms with Crippen molar-refractivity contribution in [3.63, 3.8) is 0 Å². The smallest absolute Gasteiger partial charge is 0.323 e. The Morgan fingerprint density at radius 2 is 2.04 bits per heavy atom. The van der Waals surface area contributed by atoms with Crippen molar-refractivity contribution in [3.8, 4) is 0 Å². The second kappa shape index (κ2) is 9.41. The number of nitrogens with one attached hydrogen (secondary N) is 3. The number of amidine groups is 1. The van der Waals surface area contributed by atoms with Gasteiger partial charge in [0.2, 0.25) is 0 Å². The minimum atomic E-state index is -0.417. The van der Waals surface area contributed by atoms with E-state index in [0.29, 0.717) is 11.4 Å². The maximum atomic E-state index is 13.2. The van der Waals surface area contributed by atoms with E-state index in [1.165, 1.54) is 12.1 Å². The fraction of sp³-hybridized carbons (Fsp3) is 0.300. The van der Waals surface area contributed by atoms with Gasteiger partial charge >= 0.3 is 6.03 Å². The van der Waals surface area contributed by atoms with E-state index in [9.17, 15) is 9.18 Å². The van der Waals surface area contributed by atoms with E-state index in [1.807, 2.05) is 18.2 Å². The number of halogens is 1. The summed E-state index contributed by atoms with van der Waals surface area (Å²) in [4.78, 5) is 17.9. The maximum Gasteiger partial charge on any atom is 0.323 e. The van der Waals surface area contributed by atoms with Gasteiger partial charge in [-0.3, -0.25) is 4.99 Å². The van der Waals surface area contributed by atoms with Gasteiger partial charge in [-0.15, -0.1) is 11.8 Å². The molecular weight excluding hydrogens is 363 g/mol. The summed E-state index contributed by atoms with van der Waals surface area (Å²) in [6.45, 7) is 3.76. The molecule has 0 saturated carbocycles. The van der Waals surface area contributed by atoms with Crippen LogP contribution in [-0.4, -0.2) is 30.7 Å². The van der Waals surface area contributed by atoms with Crippen LogP contribution < -0.4 is 16.0 Å². The van der Waals surface area contributed by atoms with E-state index in [2.05, 4.69) is 27.9 Å². The average Bonchev–Trinajstić information content (AvgIpc) is 3.17. The fourth-order valence-electron chi connectivity index (χ4n) is 2.68. The number of urea groups is 1. The Bertz CT molecular complexity index is 840. The Morgan fingerprint density at radius 1 is 1.22 bits per heavy atom. The van der Waals surface area contributed by atoms with Gasteiger partial charge in [-0.05, 0) is 48.6 Å². The quantitative estimate of drug-likeness (QED) is 0.477. The highest BCUT2D eigenvalue weighted by Crippen LogP contribution is 2.27. The number of hydrogen-bond donors (Lipinski definition) is 3. The zero-order valence-corrected chi connectivity index (χ0v) is 16.0. The van der Waals surface area contributed by atoms with Crippen LogP contribution in [0.5, 0.6) is 0 Å². The molecule has 0 aliphatic carbocycles. The second-order valence-corrected chi connectivity index (χ2v) is 7.30. The molecule has 3 N–H and O–H groups in total. The van der Waals surface area contributed by atoms with Crippen molar-refractivity contribution >= 4 is 35.0 Å². The van der Waals surface area contributed by atoms with Crippen LogP contribution in [0.25, 0.3) is 0 Å². The topological polar surface area (TPSA) is 65.5 Å². The van der Waals surface area contributed by atoms with Gasteiger partial charge < -0.3 is 16.0 Å². The molecule has 0 aromatic heterocycles. The van der Waals surface area contributed by atoms with Crippen molar-refractivity contribution in [2.24, 2.45) is 4.99 Å². The number of carbonyl (C=O) groups is 1. The van der Waals surface area contributed by atoms with Crippen molar-refractivity contribution in [2.45, 2.75) is 24.7 Å². The molecule has 1 heterocycles. The van der Waals surface area contributed by atoms with Crippen LogP contribution in [0.15, 0.2) is 52.4 Å². The molecule has 0 unspecified atom stereocenters. The van der Waals surface area contributed by atoms with Crippen LogP contribution >= 0.6 is 11.8 Å². The first-order valence-electron chi connectivity index (χ1n) is 9.05. The van der Waals surface area contributed by atoms with Crippen molar-refractivity contribution < 1.29 is 9.18 Å². The van der Waals surface area contributed by atoms with E-state index >= 15 is 0 Å². The van der Waals surface area contributed by atoms with Gasteiger partial charge in [-0.1, -0.05) is 19.4 Å². The summed E-state index contributed by atoms with van der Waals surface area (Å²) < 4.78 is 13.2. The number of carbonyl (C=O) groups excluding carboxylic acids is 1. The van der Waals surface area contributed by atoms with Gasteiger partial charge in [-0.2, -0.15) is 0 Å². The lowest BCUT2D eigenvalue weighted by atomic mass is 10.2. The summed E-state index contributed by atoms with van der Waals surface area (Å²) in [7, 11) is 0. The second-order valence-electron chi connectivity index (χ2n) is 6.16. The van der Waals surface area contributed by atoms with Crippen LogP contribution in [0.3, 0.4) is 0 Å². The van der Waals surface area contributed by atoms with Crippen molar-refractivity contribution in [1.29, 1.82) is 0 Å². The van der Waals surface area contributed by atoms with Crippen molar-refractivity contribution in [2.75, 3.05) is 29.5 Å². The largest absolute Gasteiger partial charge is 0.368 e. The average molecular weight is 386 g/mol. The molecule has 0 bridgehead atoms. The highest BCUT2D eigenvalue weighted by Gasteiger charge is 2.15. The van der Waals surface area contributed by atoms with Crippen molar-refractivity contribution in [3.05, 3.63) is 53.8 Å². The minimum Gasteiger partial charge on any atom is -0.368 e. The first kappa shape index (κ1) is 19.2. The third-order valence-electron chi connectivity index (χ3n) is 4.00. The van der Waals surface area contributed by atoms with Crippen molar-refractivity contribution in [1.82, 2.24) is 5.32 Å². The molecule has 2 aromatic rings. The molecule has 142 valence electrons. The number of unbranched alkanes of at least 4 members (excludes halogenated alkanes) is 1. The molecule has 0 spiro atoms. The number of benzene rings is 2. The molecule has 3 rings (SSSR count). The summed E-state index contributed by atoms with van der Waals surface area (Å²) in [5.74, 6) is 1.51. The normalized spacial score (nSPS) is 13.0. The predicted octanol–water partition coefficient (Wildman–Crippen LogP) is 4.71. The molecule has 0 fully saturated rings. The summed E-state index contributed by atoms with van der Waals surface area (Å²) >= 11 is 1.80. The predicted molar refractivity (Wildman–Crippen MR) is 111 cm³/mol. The van der Waals surface area contributed by atoms with E-state index < -0.39 is 11.8 Å². The number of anilines is 2. The molecule has 0 saturated heterocycles. The number of aliphatic imine (C=N–C) groups is 1. The molecule has 0 atom stereocenters. The summed E-state index contributed by atoms with van der Waals surface area (Å²) in [6.07, 6.45) is 2.31. The van der Waals surface area contributed by atoms with Gasteiger partial charge in [0, 0.05) is 28.4 Å². The van der Waals surface area contributed by atoms with Crippen LogP contribution in [0.1, 0.15) is 25.3 Å². The van der Waals surface area contributed by atoms with Crippen LogP contribution in [0.2, 0.25) is 0 Å². The zero-order chi connectivity index (χ0) is 19.1. The molecule has 1 aliphatic rings. The zero-order valence-electron chi connectivity index (χ0n) is 15.2. The number of amides is 2. The van der Waals surface area contributed by atoms with E-state index in [-0.39, 0.29) is 0 Å². The Balaban J connectivity index is 1.73.